The predicted molar refractivity (Wildman–Crippen MR) is 73.9 cm³/mol. The van der Waals surface area contributed by atoms with Gasteiger partial charge in [0.1, 0.15) is 12.4 Å². The summed E-state index contributed by atoms with van der Waals surface area (Å²) in [4.78, 5) is 0. The highest BCUT2D eigenvalue weighted by atomic mass is 19.4. The van der Waals surface area contributed by atoms with E-state index in [1.54, 1.807) is 0 Å². The van der Waals surface area contributed by atoms with Gasteiger partial charge >= 0.3 is 6.18 Å². The minimum Gasteiger partial charge on any atom is -0.492 e. The number of benzene rings is 1. The van der Waals surface area contributed by atoms with E-state index in [2.05, 4.69) is 26.1 Å². The van der Waals surface area contributed by atoms with Crippen LogP contribution in [0, 0.1) is 5.41 Å². The number of hydrogen-bond donors (Lipinski definition) is 1. The zero-order valence-corrected chi connectivity index (χ0v) is 12.2. The molecule has 0 bridgehead atoms. The number of ether oxygens (including phenoxy) is 1. The van der Waals surface area contributed by atoms with Crippen LogP contribution in [0.1, 0.15) is 32.8 Å². The summed E-state index contributed by atoms with van der Waals surface area (Å²) in [7, 11) is 0. The van der Waals surface area contributed by atoms with E-state index in [1.807, 2.05) is 0 Å². The van der Waals surface area contributed by atoms with Gasteiger partial charge < -0.3 is 10.1 Å². The molecular formula is C15H22F3NO. The molecule has 0 aliphatic carbocycles. The molecule has 0 fully saturated rings. The van der Waals surface area contributed by atoms with Crippen LogP contribution in [0.2, 0.25) is 0 Å². The Morgan fingerprint density at radius 3 is 2.10 bits per heavy atom. The van der Waals surface area contributed by atoms with Crippen molar-refractivity contribution in [3.05, 3.63) is 29.8 Å². The summed E-state index contributed by atoms with van der Waals surface area (Å²) in [5.74, 6) is 0.454. The van der Waals surface area contributed by atoms with Gasteiger partial charge in [-0.2, -0.15) is 13.2 Å². The van der Waals surface area contributed by atoms with E-state index in [-0.39, 0.29) is 0 Å². The van der Waals surface area contributed by atoms with Crippen molar-refractivity contribution in [2.45, 2.75) is 33.4 Å². The third kappa shape index (κ3) is 6.80. The van der Waals surface area contributed by atoms with E-state index in [4.69, 9.17) is 4.74 Å². The van der Waals surface area contributed by atoms with Crippen molar-refractivity contribution in [2.75, 3.05) is 19.7 Å². The van der Waals surface area contributed by atoms with Gasteiger partial charge in [-0.1, -0.05) is 20.8 Å². The lowest BCUT2D eigenvalue weighted by atomic mass is 9.92. The van der Waals surface area contributed by atoms with Gasteiger partial charge in [-0.05, 0) is 42.6 Å². The molecule has 0 radical (unpaired) electrons. The van der Waals surface area contributed by atoms with Crippen molar-refractivity contribution >= 4 is 0 Å². The van der Waals surface area contributed by atoms with Crippen LogP contribution in [0.25, 0.3) is 0 Å². The van der Waals surface area contributed by atoms with Crippen LogP contribution in [0.3, 0.4) is 0 Å². The lowest BCUT2D eigenvalue weighted by Gasteiger charge is -2.18. The third-order valence-corrected chi connectivity index (χ3v) is 2.78. The molecule has 0 aliphatic rings. The number of alkyl halides is 3. The van der Waals surface area contributed by atoms with Gasteiger partial charge in [-0.15, -0.1) is 0 Å². The number of rotatable bonds is 6. The molecule has 5 heteroatoms. The Bertz CT molecular complexity index is 393. The van der Waals surface area contributed by atoms with Gasteiger partial charge in [0.05, 0.1) is 5.56 Å². The summed E-state index contributed by atoms with van der Waals surface area (Å²) >= 11 is 0. The third-order valence-electron chi connectivity index (χ3n) is 2.78. The summed E-state index contributed by atoms with van der Waals surface area (Å²) in [6, 6.07) is 4.75. The molecule has 0 spiro atoms. The molecule has 0 heterocycles. The Morgan fingerprint density at radius 2 is 1.60 bits per heavy atom. The standard InChI is InChI=1S/C15H22F3NO/c1-14(2,3)8-9-19-10-11-20-13-6-4-12(5-7-13)15(16,17)18/h4-7,19H,8-11H2,1-3H3. The summed E-state index contributed by atoms with van der Waals surface area (Å²) in [6.07, 6.45) is -3.24. The maximum absolute atomic E-state index is 12.4. The maximum Gasteiger partial charge on any atom is 0.416 e. The van der Waals surface area contributed by atoms with Gasteiger partial charge in [0.15, 0.2) is 0 Å². The first-order valence-electron chi connectivity index (χ1n) is 6.69. The number of hydrogen-bond acceptors (Lipinski definition) is 2. The normalized spacial score (nSPS) is 12.5. The molecule has 0 amide bonds. The predicted octanol–water partition coefficient (Wildman–Crippen LogP) is 4.11. The van der Waals surface area contributed by atoms with E-state index in [1.165, 1.54) is 12.1 Å². The fraction of sp³-hybridized carbons (Fsp3) is 0.600. The van der Waals surface area contributed by atoms with E-state index in [0.717, 1.165) is 25.1 Å². The van der Waals surface area contributed by atoms with Gasteiger partial charge in [-0.3, -0.25) is 0 Å². The topological polar surface area (TPSA) is 21.3 Å². The lowest BCUT2D eigenvalue weighted by Crippen LogP contribution is -2.25. The summed E-state index contributed by atoms with van der Waals surface area (Å²) in [5.41, 5.74) is -0.366. The molecule has 1 aromatic rings. The van der Waals surface area contributed by atoms with Crippen molar-refractivity contribution in [2.24, 2.45) is 5.41 Å². The van der Waals surface area contributed by atoms with E-state index >= 15 is 0 Å². The lowest BCUT2D eigenvalue weighted by molar-refractivity contribution is -0.137. The molecule has 0 unspecified atom stereocenters. The smallest absolute Gasteiger partial charge is 0.416 e. The second-order valence-electron chi connectivity index (χ2n) is 5.93. The Balaban J connectivity index is 2.23. The Hall–Kier alpha value is -1.23. The van der Waals surface area contributed by atoms with Crippen LogP contribution in [0.15, 0.2) is 24.3 Å². The minimum atomic E-state index is -4.30. The van der Waals surface area contributed by atoms with Crippen molar-refractivity contribution in [3.63, 3.8) is 0 Å². The Morgan fingerprint density at radius 1 is 1.00 bits per heavy atom. The van der Waals surface area contributed by atoms with Gasteiger partial charge in [0, 0.05) is 6.54 Å². The first kappa shape index (κ1) is 16.8. The second-order valence-corrected chi connectivity index (χ2v) is 5.93. The molecule has 0 saturated carbocycles. The Labute approximate surface area is 118 Å². The number of halogens is 3. The molecular weight excluding hydrogens is 267 g/mol. The summed E-state index contributed by atoms with van der Waals surface area (Å²) in [5, 5.41) is 3.24. The first-order valence-corrected chi connectivity index (χ1v) is 6.69. The van der Waals surface area contributed by atoms with Crippen molar-refractivity contribution in [1.29, 1.82) is 0 Å². The van der Waals surface area contributed by atoms with Crippen molar-refractivity contribution < 1.29 is 17.9 Å². The monoisotopic (exact) mass is 289 g/mol. The zero-order valence-electron chi connectivity index (χ0n) is 12.2. The molecule has 1 rings (SSSR count). The van der Waals surface area contributed by atoms with Crippen LogP contribution in [0.4, 0.5) is 13.2 Å². The average molecular weight is 289 g/mol. The molecule has 0 atom stereocenters. The van der Waals surface area contributed by atoms with Crippen molar-refractivity contribution in [1.82, 2.24) is 5.32 Å². The van der Waals surface area contributed by atoms with Crippen LogP contribution in [0.5, 0.6) is 5.75 Å². The fourth-order valence-electron chi connectivity index (χ4n) is 1.57. The molecule has 0 saturated heterocycles. The van der Waals surface area contributed by atoms with E-state index in [9.17, 15) is 13.2 Å². The largest absolute Gasteiger partial charge is 0.492 e. The highest BCUT2D eigenvalue weighted by Crippen LogP contribution is 2.30. The van der Waals surface area contributed by atoms with Gasteiger partial charge in [-0.25, -0.2) is 0 Å². The molecule has 2 nitrogen and oxygen atoms in total. The van der Waals surface area contributed by atoms with Gasteiger partial charge in [0.25, 0.3) is 0 Å². The number of nitrogens with one attached hydrogen (secondary N) is 1. The highest BCUT2D eigenvalue weighted by Gasteiger charge is 2.29. The van der Waals surface area contributed by atoms with Crippen LogP contribution in [-0.4, -0.2) is 19.7 Å². The quantitative estimate of drug-likeness (QED) is 0.796. The molecule has 0 aliphatic heterocycles. The average Bonchev–Trinajstić information content (AvgIpc) is 2.32. The first-order chi connectivity index (χ1) is 9.18. The maximum atomic E-state index is 12.4. The molecule has 20 heavy (non-hydrogen) atoms. The summed E-state index contributed by atoms with van der Waals surface area (Å²) < 4.78 is 42.4. The van der Waals surface area contributed by atoms with Gasteiger partial charge in [0.2, 0.25) is 0 Å². The van der Waals surface area contributed by atoms with Crippen molar-refractivity contribution in [3.8, 4) is 5.75 Å². The molecule has 1 N–H and O–H groups in total. The highest BCUT2D eigenvalue weighted by molar-refractivity contribution is 5.28. The van der Waals surface area contributed by atoms with Crippen LogP contribution < -0.4 is 10.1 Å². The summed E-state index contributed by atoms with van der Waals surface area (Å²) in [6.45, 7) is 8.54. The second kappa shape index (κ2) is 6.97. The van der Waals surface area contributed by atoms with E-state index in [0.29, 0.717) is 24.3 Å². The minimum absolute atomic E-state index is 0.293. The van der Waals surface area contributed by atoms with Crippen LogP contribution >= 0.6 is 0 Å². The Kier molecular flexibility index (Phi) is 5.87. The fourth-order valence-corrected chi connectivity index (χ4v) is 1.57. The zero-order chi connectivity index (χ0) is 15.2. The molecule has 1 aromatic carbocycles. The SMILES string of the molecule is CC(C)(C)CCNCCOc1ccc(C(F)(F)F)cc1. The molecule has 0 aromatic heterocycles. The molecule has 114 valence electrons. The van der Waals surface area contributed by atoms with Crippen LogP contribution in [-0.2, 0) is 6.18 Å². The van der Waals surface area contributed by atoms with E-state index < -0.39 is 11.7 Å².